The van der Waals surface area contributed by atoms with Crippen LogP contribution in [-0.2, 0) is 13.2 Å². The third-order valence-corrected chi connectivity index (χ3v) is 6.18. The lowest BCUT2D eigenvalue weighted by molar-refractivity contribution is 0.301. The van der Waals surface area contributed by atoms with Crippen molar-refractivity contribution in [2.75, 3.05) is 5.32 Å². The van der Waals surface area contributed by atoms with E-state index in [1.807, 2.05) is 18.2 Å². The molecule has 3 rings (SSSR count). The molecule has 146 valence electrons. The van der Waals surface area contributed by atoms with Crippen LogP contribution in [0.2, 0.25) is 10.0 Å². The van der Waals surface area contributed by atoms with E-state index in [9.17, 15) is 0 Å². The van der Waals surface area contributed by atoms with Crippen LogP contribution < -0.4 is 10.1 Å². The number of anilines is 1. The second-order valence-corrected chi connectivity index (χ2v) is 9.11. The highest BCUT2D eigenvalue weighted by Crippen LogP contribution is 2.35. The number of hydrogen-bond acceptors (Lipinski definition) is 2. The summed E-state index contributed by atoms with van der Waals surface area (Å²) in [5, 5.41) is 4.72. The predicted molar refractivity (Wildman–Crippen MR) is 126 cm³/mol. The van der Waals surface area contributed by atoms with Crippen LogP contribution in [0.15, 0.2) is 57.5 Å². The first kappa shape index (κ1) is 21.5. The van der Waals surface area contributed by atoms with E-state index in [2.05, 4.69) is 75.3 Å². The van der Waals surface area contributed by atoms with Gasteiger partial charge in [0.15, 0.2) is 0 Å². The lowest BCUT2D eigenvalue weighted by Gasteiger charge is -2.17. The van der Waals surface area contributed by atoms with E-state index in [0.717, 1.165) is 31.5 Å². The maximum atomic E-state index is 6.28. The van der Waals surface area contributed by atoms with E-state index in [4.69, 9.17) is 27.9 Å². The minimum absolute atomic E-state index is 0.354. The van der Waals surface area contributed by atoms with Crippen LogP contribution in [0.5, 0.6) is 5.75 Å². The van der Waals surface area contributed by atoms with Crippen molar-refractivity contribution >= 4 is 60.7 Å². The summed E-state index contributed by atoms with van der Waals surface area (Å²) in [6.07, 6.45) is 0. The SMILES string of the molecule is Cc1cccc(NCc2cc(Br)cc(Br)c2OCc2ccc(Cl)cc2Cl)c1C. The molecule has 0 aromatic heterocycles. The molecule has 0 fully saturated rings. The minimum atomic E-state index is 0.354. The summed E-state index contributed by atoms with van der Waals surface area (Å²) in [4.78, 5) is 0. The summed E-state index contributed by atoms with van der Waals surface area (Å²) < 4.78 is 8.00. The molecule has 0 heterocycles. The van der Waals surface area contributed by atoms with Crippen molar-refractivity contribution < 1.29 is 4.74 Å². The van der Waals surface area contributed by atoms with Gasteiger partial charge >= 0.3 is 0 Å². The first-order valence-electron chi connectivity index (χ1n) is 8.70. The molecule has 0 unspecified atom stereocenters. The third-order valence-electron chi connectivity index (χ3n) is 4.55. The zero-order valence-corrected chi connectivity index (χ0v) is 20.1. The number of hydrogen-bond donors (Lipinski definition) is 1. The number of benzene rings is 3. The Labute approximate surface area is 192 Å². The third kappa shape index (κ3) is 5.24. The van der Waals surface area contributed by atoms with Crippen LogP contribution in [0.1, 0.15) is 22.3 Å². The average Bonchev–Trinajstić information content (AvgIpc) is 2.63. The molecule has 0 aliphatic rings. The molecular weight excluding hydrogens is 525 g/mol. The van der Waals surface area contributed by atoms with E-state index in [-0.39, 0.29) is 0 Å². The molecule has 3 aromatic carbocycles. The number of ether oxygens (including phenoxy) is 1. The Morgan fingerprint density at radius 3 is 2.50 bits per heavy atom. The van der Waals surface area contributed by atoms with Gasteiger partial charge in [-0.1, -0.05) is 57.3 Å². The molecule has 3 aromatic rings. The minimum Gasteiger partial charge on any atom is -0.487 e. The maximum Gasteiger partial charge on any atom is 0.139 e. The molecular formula is C22H19Br2Cl2NO. The largest absolute Gasteiger partial charge is 0.487 e. The van der Waals surface area contributed by atoms with Gasteiger partial charge in [0.05, 0.1) is 4.47 Å². The smallest absolute Gasteiger partial charge is 0.139 e. The Kier molecular flexibility index (Phi) is 7.32. The van der Waals surface area contributed by atoms with Crippen molar-refractivity contribution in [3.05, 3.63) is 89.8 Å². The zero-order chi connectivity index (χ0) is 20.3. The number of nitrogens with one attached hydrogen (secondary N) is 1. The topological polar surface area (TPSA) is 21.3 Å². The highest BCUT2D eigenvalue weighted by atomic mass is 79.9. The van der Waals surface area contributed by atoms with E-state index in [1.165, 1.54) is 11.1 Å². The van der Waals surface area contributed by atoms with Gasteiger partial charge in [0.1, 0.15) is 12.4 Å². The molecule has 0 amide bonds. The molecule has 0 spiro atoms. The van der Waals surface area contributed by atoms with Crippen LogP contribution in [-0.4, -0.2) is 0 Å². The zero-order valence-electron chi connectivity index (χ0n) is 15.5. The lowest BCUT2D eigenvalue weighted by Crippen LogP contribution is -2.06. The van der Waals surface area contributed by atoms with Crippen molar-refractivity contribution in [2.24, 2.45) is 0 Å². The van der Waals surface area contributed by atoms with Crippen molar-refractivity contribution in [2.45, 2.75) is 27.0 Å². The van der Waals surface area contributed by atoms with Gasteiger partial charge in [0.25, 0.3) is 0 Å². The highest BCUT2D eigenvalue weighted by molar-refractivity contribution is 9.11. The van der Waals surface area contributed by atoms with Gasteiger partial charge in [0, 0.05) is 37.9 Å². The Morgan fingerprint density at radius 2 is 1.75 bits per heavy atom. The van der Waals surface area contributed by atoms with Gasteiger partial charge in [-0.15, -0.1) is 0 Å². The van der Waals surface area contributed by atoms with Crippen LogP contribution in [0, 0.1) is 13.8 Å². The summed E-state index contributed by atoms with van der Waals surface area (Å²) in [6.45, 7) is 5.22. The summed E-state index contributed by atoms with van der Waals surface area (Å²) in [6, 6.07) is 15.7. The van der Waals surface area contributed by atoms with Crippen LogP contribution in [0.25, 0.3) is 0 Å². The standard InChI is InChI=1S/C22H19Br2Cl2NO/c1-13-4-3-5-21(14(13)2)27-11-16-8-17(23)9-19(24)22(16)28-12-15-6-7-18(25)10-20(15)26/h3-10,27H,11-12H2,1-2H3. The van der Waals surface area contributed by atoms with Crippen molar-refractivity contribution in [3.63, 3.8) is 0 Å². The Morgan fingerprint density at radius 1 is 0.964 bits per heavy atom. The van der Waals surface area contributed by atoms with Gasteiger partial charge < -0.3 is 10.1 Å². The fourth-order valence-electron chi connectivity index (χ4n) is 2.83. The van der Waals surface area contributed by atoms with Gasteiger partial charge in [0.2, 0.25) is 0 Å². The summed E-state index contributed by atoms with van der Waals surface area (Å²) >= 11 is 19.4. The van der Waals surface area contributed by atoms with E-state index < -0.39 is 0 Å². The van der Waals surface area contributed by atoms with Gasteiger partial charge in [-0.25, -0.2) is 0 Å². The highest BCUT2D eigenvalue weighted by Gasteiger charge is 2.12. The Bertz CT molecular complexity index is 1010. The molecule has 0 aliphatic carbocycles. The van der Waals surface area contributed by atoms with Crippen LogP contribution in [0.3, 0.4) is 0 Å². The molecule has 0 atom stereocenters. The molecule has 6 heteroatoms. The number of halogens is 4. The van der Waals surface area contributed by atoms with Crippen LogP contribution in [0.4, 0.5) is 5.69 Å². The molecule has 0 aliphatic heterocycles. The predicted octanol–water partition coefficient (Wildman–Crippen LogP) is 8.33. The molecule has 0 radical (unpaired) electrons. The molecule has 0 bridgehead atoms. The quantitative estimate of drug-likeness (QED) is 0.337. The molecule has 1 N–H and O–H groups in total. The molecule has 0 saturated carbocycles. The fraction of sp³-hybridized carbons (Fsp3) is 0.182. The molecule has 2 nitrogen and oxygen atoms in total. The maximum absolute atomic E-state index is 6.28. The summed E-state index contributed by atoms with van der Waals surface area (Å²) in [5.74, 6) is 0.784. The Balaban J connectivity index is 1.82. The van der Waals surface area contributed by atoms with Crippen molar-refractivity contribution in [3.8, 4) is 5.75 Å². The van der Waals surface area contributed by atoms with Gasteiger partial charge in [-0.05, 0) is 71.2 Å². The number of rotatable bonds is 6. The first-order valence-corrected chi connectivity index (χ1v) is 11.0. The van der Waals surface area contributed by atoms with E-state index >= 15 is 0 Å². The normalized spacial score (nSPS) is 10.8. The van der Waals surface area contributed by atoms with Crippen molar-refractivity contribution in [1.82, 2.24) is 0 Å². The molecule has 28 heavy (non-hydrogen) atoms. The monoisotopic (exact) mass is 541 g/mol. The number of aryl methyl sites for hydroxylation is 1. The van der Waals surface area contributed by atoms with Crippen molar-refractivity contribution in [1.29, 1.82) is 0 Å². The fourth-order valence-corrected chi connectivity index (χ4v) is 4.72. The second kappa shape index (κ2) is 9.53. The van der Waals surface area contributed by atoms with Crippen LogP contribution >= 0.6 is 55.1 Å². The molecule has 0 saturated heterocycles. The van der Waals surface area contributed by atoms with E-state index in [1.54, 1.807) is 6.07 Å². The summed E-state index contributed by atoms with van der Waals surface area (Å²) in [7, 11) is 0. The van der Waals surface area contributed by atoms with Gasteiger partial charge in [-0.3, -0.25) is 0 Å². The average molecular weight is 544 g/mol. The Hall–Kier alpha value is -1.20. The van der Waals surface area contributed by atoms with E-state index in [0.29, 0.717) is 23.2 Å². The van der Waals surface area contributed by atoms with Gasteiger partial charge in [-0.2, -0.15) is 0 Å². The summed E-state index contributed by atoms with van der Waals surface area (Å²) in [5.41, 5.74) is 5.53. The first-order chi connectivity index (χ1) is 13.3. The lowest BCUT2D eigenvalue weighted by atomic mass is 10.1. The second-order valence-electron chi connectivity index (χ2n) is 6.50.